The van der Waals surface area contributed by atoms with E-state index in [1.807, 2.05) is 11.0 Å². The molecule has 1 aromatic rings. The number of nitrogens with zero attached hydrogens (tertiary/aromatic N) is 1. The van der Waals surface area contributed by atoms with E-state index in [0.717, 1.165) is 38.0 Å². The zero-order valence-electron chi connectivity index (χ0n) is 10.9. The number of carbonyl (C=O) groups excluding carboxylic acids is 1. The predicted molar refractivity (Wildman–Crippen MR) is 72.7 cm³/mol. The summed E-state index contributed by atoms with van der Waals surface area (Å²) in [5.74, 6) is 0.449. The Balaban J connectivity index is 1.82. The summed E-state index contributed by atoms with van der Waals surface area (Å²) >= 11 is 0. The van der Waals surface area contributed by atoms with Gasteiger partial charge in [-0.1, -0.05) is 18.2 Å². The molecule has 2 atom stereocenters. The second-order valence-electron chi connectivity index (χ2n) is 5.36. The fourth-order valence-corrected chi connectivity index (χ4v) is 3.15. The van der Waals surface area contributed by atoms with Gasteiger partial charge < -0.3 is 10.2 Å². The molecular weight excluding hydrogens is 224 g/mol. The minimum Gasteiger partial charge on any atom is -0.313 e. The summed E-state index contributed by atoms with van der Waals surface area (Å²) in [5, 5.41) is 3.41. The number of benzene rings is 1. The lowest BCUT2D eigenvalue weighted by Gasteiger charge is -2.32. The molecule has 0 aliphatic carbocycles. The molecular formula is C15H20N2O. The van der Waals surface area contributed by atoms with Crippen molar-refractivity contribution < 1.29 is 4.79 Å². The van der Waals surface area contributed by atoms with Crippen LogP contribution in [0.2, 0.25) is 0 Å². The molecule has 3 nitrogen and oxygen atoms in total. The van der Waals surface area contributed by atoms with Gasteiger partial charge in [0.05, 0.1) is 5.92 Å². The second kappa shape index (κ2) is 4.73. The second-order valence-corrected chi connectivity index (χ2v) is 5.36. The molecule has 1 aromatic carbocycles. The van der Waals surface area contributed by atoms with Crippen LogP contribution in [0.25, 0.3) is 0 Å². The molecule has 2 unspecified atom stereocenters. The average Bonchev–Trinajstić information content (AvgIpc) is 2.82. The van der Waals surface area contributed by atoms with Crippen LogP contribution in [-0.2, 0) is 11.2 Å². The Kier molecular flexibility index (Phi) is 3.08. The SMILES string of the molecule is CC1NCCCC1C(=O)N1CCc2ccccc21. The van der Waals surface area contributed by atoms with Crippen molar-refractivity contribution in [2.24, 2.45) is 5.92 Å². The quantitative estimate of drug-likeness (QED) is 0.819. The van der Waals surface area contributed by atoms with E-state index in [0.29, 0.717) is 11.9 Å². The Morgan fingerprint density at radius 1 is 1.39 bits per heavy atom. The smallest absolute Gasteiger partial charge is 0.231 e. The molecule has 1 saturated heterocycles. The Labute approximate surface area is 108 Å². The van der Waals surface area contributed by atoms with E-state index in [4.69, 9.17) is 0 Å². The van der Waals surface area contributed by atoms with Gasteiger partial charge in [0.25, 0.3) is 0 Å². The normalized spacial score (nSPS) is 27.1. The molecule has 0 aromatic heterocycles. The van der Waals surface area contributed by atoms with Crippen LogP contribution < -0.4 is 10.2 Å². The Morgan fingerprint density at radius 2 is 2.22 bits per heavy atom. The molecule has 1 N–H and O–H groups in total. The zero-order chi connectivity index (χ0) is 12.5. The van der Waals surface area contributed by atoms with Gasteiger partial charge in [0.2, 0.25) is 5.91 Å². The van der Waals surface area contributed by atoms with Crippen molar-refractivity contribution in [3.63, 3.8) is 0 Å². The number of nitrogens with one attached hydrogen (secondary N) is 1. The van der Waals surface area contributed by atoms with E-state index in [-0.39, 0.29) is 5.92 Å². The molecule has 3 heteroatoms. The maximum absolute atomic E-state index is 12.7. The molecule has 2 aliphatic rings. The molecule has 96 valence electrons. The summed E-state index contributed by atoms with van der Waals surface area (Å²) in [5.41, 5.74) is 2.43. The number of carbonyl (C=O) groups is 1. The topological polar surface area (TPSA) is 32.3 Å². The van der Waals surface area contributed by atoms with E-state index in [1.165, 1.54) is 5.56 Å². The monoisotopic (exact) mass is 244 g/mol. The first-order valence-corrected chi connectivity index (χ1v) is 6.90. The summed E-state index contributed by atoms with van der Waals surface area (Å²) in [6, 6.07) is 8.58. The first-order valence-electron chi connectivity index (χ1n) is 6.90. The lowest BCUT2D eigenvalue weighted by molar-refractivity contribution is -0.123. The van der Waals surface area contributed by atoms with E-state index < -0.39 is 0 Å². The largest absolute Gasteiger partial charge is 0.313 e. The van der Waals surface area contributed by atoms with Gasteiger partial charge >= 0.3 is 0 Å². The van der Waals surface area contributed by atoms with Gasteiger partial charge in [-0.2, -0.15) is 0 Å². The number of fused-ring (bicyclic) bond motifs is 1. The van der Waals surface area contributed by atoms with Crippen LogP contribution >= 0.6 is 0 Å². The molecule has 18 heavy (non-hydrogen) atoms. The molecule has 0 radical (unpaired) electrons. The Morgan fingerprint density at radius 3 is 3.06 bits per heavy atom. The molecule has 3 rings (SSSR count). The average molecular weight is 244 g/mol. The van der Waals surface area contributed by atoms with Crippen molar-refractivity contribution in [2.45, 2.75) is 32.2 Å². The predicted octanol–water partition coefficient (Wildman–Crippen LogP) is 1.96. The third kappa shape index (κ3) is 1.93. The number of rotatable bonds is 1. The molecule has 0 saturated carbocycles. The van der Waals surface area contributed by atoms with Crippen LogP contribution in [0.5, 0.6) is 0 Å². The maximum Gasteiger partial charge on any atom is 0.231 e. The van der Waals surface area contributed by atoms with Crippen LogP contribution in [0.1, 0.15) is 25.3 Å². The number of anilines is 1. The van der Waals surface area contributed by atoms with E-state index >= 15 is 0 Å². The lowest BCUT2D eigenvalue weighted by atomic mass is 9.90. The highest BCUT2D eigenvalue weighted by Crippen LogP contribution is 2.30. The standard InChI is InChI=1S/C15H20N2O/c1-11-13(6-4-9-16-11)15(18)17-10-8-12-5-2-3-7-14(12)17/h2-3,5,7,11,13,16H,4,6,8-10H2,1H3. The first kappa shape index (κ1) is 11.7. The fraction of sp³-hybridized carbons (Fsp3) is 0.533. The molecule has 0 spiro atoms. The van der Waals surface area contributed by atoms with Crippen molar-refractivity contribution in [3.8, 4) is 0 Å². The van der Waals surface area contributed by atoms with Crippen molar-refractivity contribution >= 4 is 11.6 Å². The van der Waals surface area contributed by atoms with Gasteiger partial charge in [0, 0.05) is 18.3 Å². The minimum absolute atomic E-state index is 0.143. The fourth-order valence-electron chi connectivity index (χ4n) is 3.15. The van der Waals surface area contributed by atoms with Crippen LogP contribution in [0.3, 0.4) is 0 Å². The Bertz CT molecular complexity index is 458. The minimum atomic E-state index is 0.143. The molecule has 1 amide bonds. The number of hydrogen-bond acceptors (Lipinski definition) is 2. The molecule has 0 bridgehead atoms. The highest BCUT2D eigenvalue weighted by molar-refractivity contribution is 5.97. The highest BCUT2D eigenvalue weighted by atomic mass is 16.2. The first-order chi connectivity index (χ1) is 8.77. The summed E-state index contributed by atoms with van der Waals surface area (Å²) in [4.78, 5) is 14.6. The van der Waals surface area contributed by atoms with Gasteiger partial charge in [-0.15, -0.1) is 0 Å². The van der Waals surface area contributed by atoms with Crippen LogP contribution in [0, 0.1) is 5.92 Å². The zero-order valence-corrected chi connectivity index (χ0v) is 10.9. The lowest BCUT2D eigenvalue weighted by Crippen LogP contribution is -2.48. The summed E-state index contributed by atoms with van der Waals surface area (Å²) in [6.45, 7) is 4.02. The van der Waals surface area contributed by atoms with E-state index in [2.05, 4.69) is 30.4 Å². The highest BCUT2D eigenvalue weighted by Gasteiger charge is 2.34. The molecule has 2 heterocycles. The summed E-state index contributed by atoms with van der Waals surface area (Å²) in [7, 11) is 0. The van der Waals surface area contributed by atoms with E-state index in [1.54, 1.807) is 0 Å². The van der Waals surface area contributed by atoms with Crippen LogP contribution in [0.15, 0.2) is 24.3 Å². The van der Waals surface area contributed by atoms with Crippen molar-refractivity contribution in [2.75, 3.05) is 18.0 Å². The van der Waals surface area contributed by atoms with Gasteiger partial charge in [0.1, 0.15) is 0 Å². The van der Waals surface area contributed by atoms with Gasteiger partial charge in [-0.25, -0.2) is 0 Å². The number of hydrogen-bond donors (Lipinski definition) is 1. The van der Waals surface area contributed by atoms with Crippen LogP contribution in [0.4, 0.5) is 5.69 Å². The van der Waals surface area contributed by atoms with Gasteiger partial charge in [-0.05, 0) is 44.4 Å². The van der Waals surface area contributed by atoms with Crippen molar-refractivity contribution in [1.82, 2.24) is 5.32 Å². The van der Waals surface area contributed by atoms with Crippen molar-refractivity contribution in [1.29, 1.82) is 0 Å². The number of amides is 1. The Hall–Kier alpha value is -1.35. The molecule has 1 fully saturated rings. The number of para-hydroxylation sites is 1. The third-order valence-electron chi connectivity index (χ3n) is 4.23. The van der Waals surface area contributed by atoms with Crippen LogP contribution in [-0.4, -0.2) is 25.0 Å². The van der Waals surface area contributed by atoms with Gasteiger partial charge in [-0.3, -0.25) is 4.79 Å². The third-order valence-corrected chi connectivity index (χ3v) is 4.23. The van der Waals surface area contributed by atoms with E-state index in [9.17, 15) is 4.79 Å². The molecule has 2 aliphatic heterocycles. The van der Waals surface area contributed by atoms with Gasteiger partial charge in [0.15, 0.2) is 0 Å². The van der Waals surface area contributed by atoms with Crippen molar-refractivity contribution in [3.05, 3.63) is 29.8 Å². The maximum atomic E-state index is 12.7. The summed E-state index contributed by atoms with van der Waals surface area (Å²) < 4.78 is 0. The summed E-state index contributed by atoms with van der Waals surface area (Å²) in [6.07, 6.45) is 3.12. The number of piperidine rings is 1.